The van der Waals surface area contributed by atoms with Gasteiger partial charge in [0.1, 0.15) is 6.04 Å². The summed E-state index contributed by atoms with van der Waals surface area (Å²) in [5.41, 5.74) is 6.50. The van der Waals surface area contributed by atoms with Gasteiger partial charge in [0.05, 0.1) is 5.54 Å². The van der Waals surface area contributed by atoms with Gasteiger partial charge in [-0.25, -0.2) is 0 Å². The van der Waals surface area contributed by atoms with Crippen LogP contribution >= 0.6 is 0 Å². The van der Waals surface area contributed by atoms with Gasteiger partial charge in [0.25, 0.3) is 5.91 Å². The molecule has 3 rings (SSSR count). The largest absolute Gasteiger partial charge is 0.340 e. The first-order valence-electron chi connectivity index (χ1n) is 8.48. The first-order valence-corrected chi connectivity index (χ1v) is 8.48. The van der Waals surface area contributed by atoms with Gasteiger partial charge in [0.15, 0.2) is 5.82 Å². The Morgan fingerprint density at radius 2 is 1.92 bits per heavy atom. The SMILES string of the molecule is CC(C)C(NC(=O)c1ccccc1)c1nc(C2(N)CCCC2)no1. The summed E-state index contributed by atoms with van der Waals surface area (Å²) >= 11 is 0. The van der Waals surface area contributed by atoms with Crippen molar-refractivity contribution in [3.8, 4) is 0 Å². The van der Waals surface area contributed by atoms with Crippen LogP contribution in [-0.4, -0.2) is 16.0 Å². The molecular formula is C18H24N4O2. The second kappa shape index (κ2) is 6.73. The molecule has 1 aromatic heterocycles. The van der Waals surface area contributed by atoms with Crippen molar-refractivity contribution >= 4 is 5.91 Å². The van der Waals surface area contributed by atoms with E-state index >= 15 is 0 Å². The molecule has 1 fully saturated rings. The molecule has 6 nitrogen and oxygen atoms in total. The summed E-state index contributed by atoms with van der Waals surface area (Å²) in [6, 6.07) is 8.76. The Labute approximate surface area is 141 Å². The number of carbonyl (C=O) groups is 1. The predicted octanol–water partition coefficient (Wildman–Crippen LogP) is 2.92. The topological polar surface area (TPSA) is 94.0 Å². The van der Waals surface area contributed by atoms with Gasteiger partial charge < -0.3 is 15.6 Å². The van der Waals surface area contributed by atoms with Crippen molar-refractivity contribution in [2.24, 2.45) is 11.7 Å². The van der Waals surface area contributed by atoms with Crippen LogP contribution in [0.4, 0.5) is 0 Å². The van der Waals surface area contributed by atoms with Gasteiger partial charge in [-0.2, -0.15) is 4.98 Å². The second-order valence-electron chi connectivity index (χ2n) is 6.88. The molecule has 0 saturated heterocycles. The minimum Gasteiger partial charge on any atom is -0.340 e. The molecule has 0 radical (unpaired) electrons. The molecule has 0 spiro atoms. The maximum absolute atomic E-state index is 12.4. The van der Waals surface area contributed by atoms with Crippen molar-refractivity contribution in [2.45, 2.75) is 51.1 Å². The number of aromatic nitrogens is 2. The fraction of sp³-hybridized carbons (Fsp3) is 0.500. The summed E-state index contributed by atoms with van der Waals surface area (Å²) in [7, 11) is 0. The van der Waals surface area contributed by atoms with Crippen LogP contribution < -0.4 is 11.1 Å². The summed E-state index contributed by atoms with van der Waals surface area (Å²) in [5.74, 6) is 0.927. The molecule has 1 aliphatic carbocycles. The summed E-state index contributed by atoms with van der Waals surface area (Å²) in [6.45, 7) is 4.02. The molecule has 1 unspecified atom stereocenters. The zero-order valence-electron chi connectivity index (χ0n) is 14.2. The maximum Gasteiger partial charge on any atom is 0.251 e. The average Bonchev–Trinajstić information content (AvgIpc) is 3.23. The van der Waals surface area contributed by atoms with Crippen LogP contribution in [-0.2, 0) is 5.54 Å². The van der Waals surface area contributed by atoms with Crippen LogP contribution in [0.2, 0.25) is 0 Å². The smallest absolute Gasteiger partial charge is 0.251 e. The van der Waals surface area contributed by atoms with Crippen molar-refractivity contribution in [1.29, 1.82) is 0 Å². The van der Waals surface area contributed by atoms with Crippen molar-refractivity contribution in [2.75, 3.05) is 0 Å². The number of amides is 1. The molecule has 24 heavy (non-hydrogen) atoms. The standard InChI is InChI=1S/C18H24N4O2/c1-12(2)14(20-15(23)13-8-4-3-5-9-13)16-21-17(22-24-16)18(19)10-6-7-11-18/h3-5,8-9,12,14H,6-7,10-11,19H2,1-2H3,(H,20,23). The fourth-order valence-corrected chi connectivity index (χ4v) is 3.12. The Morgan fingerprint density at radius 1 is 1.25 bits per heavy atom. The summed E-state index contributed by atoms with van der Waals surface area (Å²) < 4.78 is 5.45. The van der Waals surface area contributed by atoms with Crippen LogP contribution in [0.5, 0.6) is 0 Å². The number of nitrogens with zero attached hydrogens (tertiary/aromatic N) is 2. The molecule has 0 bridgehead atoms. The Hall–Kier alpha value is -2.21. The first-order chi connectivity index (χ1) is 11.5. The van der Waals surface area contributed by atoms with E-state index in [0.717, 1.165) is 25.7 Å². The number of nitrogens with one attached hydrogen (secondary N) is 1. The molecule has 2 aromatic rings. The van der Waals surface area contributed by atoms with Crippen molar-refractivity contribution in [1.82, 2.24) is 15.5 Å². The van der Waals surface area contributed by atoms with E-state index in [1.165, 1.54) is 0 Å². The van der Waals surface area contributed by atoms with Crippen LogP contribution in [0.3, 0.4) is 0 Å². The van der Waals surface area contributed by atoms with Gasteiger partial charge in [-0.05, 0) is 30.9 Å². The third-order valence-corrected chi connectivity index (χ3v) is 4.64. The maximum atomic E-state index is 12.4. The van der Waals surface area contributed by atoms with E-state index in [1.54, 1.807) is 12.1 Å². The van der Waals surface area contributed by atoms with Gasteiger partial charge >= 0.3 is 0 Å². The zero-order chi connectivity index (χ0) is 17.2. The molecule has 1 aliphatic rings. The number of rotatable bonds is 5. The Bertz CT molecular complexity index is 690. The van der Waals surface area contributed by atoms with E-state index in [-0.39, 0.29) is 17.9 Å². The third kappa shape index (κ3) is 3.33. The highest BCUT2D eigenvalue weighted by Crippen LogP contribution is 2.35. The van der Waals surface area contributed by atoms with Crippen LogP contribution in [0.15, 0.2) is 34.9 Å². The lowest BCUT2D eigenvalue weighted by Gasteiger charge is -2.19. The Balaban J connectivity index is 1.79. The number of benzene rings is 1. The summed E-state index contributed by atoms with van der Waals surface area (Å²) in [6.07, 6.45) is 3.90. The summed E-state index contributed by atoms with van der Waals surface area (Å²) in [4.78, 5) is 16.9. The number of carbonyl (C=O) groups excluding carboxylic acids is 1. The van der Waals surface area contributed by atoms with E-state index in [0.29, 0.717) is 17.3 Å². The van der Waals surface area contributed by atoms with Crippen LogP contribution in [0.1, 0.15) is 67.6 Å². The average molecular weight is 328 g/mol. The lowest BCUT2D eigenvalue weighted by Crippen LogP contribution is -2.35. The quantitative estimate of drug-likeness (QED) is 0.880. The molecule has 1 atom stereocenters. The van der Waals surface area contributed by atoms with Gasteiger partial charge in [0, 0.05) is 5.56 Å². The normalized spacial score (nSPS) is 17.8. The van der Waals surface area contributed by atoms with E-state index in [2.05, 4.69) is 15.5 Å². The van der Waals surface area contributed by atoms with Gasteiger partial charge in [-0.15, -0.1) is 0 Å². The number of nitrogens with two attached hydrogens (primary N) is 1. The lowest BCUT2D eigenvalue weighted by molar-refractivity contribution is 0.0914. The van der Waals surface area contributed by atoms with Crippen molar-refractivity contribution < 1.29 is 9.32 Å². The van der Waals surface area contributed by atoms with Gasteiger partial charge in [-0.3, -0.25) is 4.79 Å². The van der Waals surface area contributed by atoms with E-state index < -0.39 is 5.54 Å². The molecule has 1 saturated carbocycles. The zero-order valence-corrected chi connectivity index (χ0v) is 14.2. The van der Waals surface area contributed by atoms with Crippen molar-refractivity contribution in [3.63, 3.8) is 0 Å². The van der Waals surface area contributed by atoms with Crippen molar-refractivity contribution in [3.05, 3.63) is 47.6 Å². The lowest BCUT2D eigenvalue weighted by atomic mass is 9.98. The highest BCUT2D eigenvalue weighted by atomic mass is 16.5. The number of hydrogen-bond acceptors (Lipinski definition) is 5. The monoisotopic (exact) mass is 328 g/mol. The highest BCUT2D eigenvalue weighted by molar-refractivity contribution is 5.94. The molecule has 0 aliphatic heterocycles. The first kappa shape index (κ1) is 16.6. The van der Waals surface area contributed by atoms with Gasteiger partial charge in [-0.1, -0.05) is 50.0 Å². The minimum atomic E-state index is -0.493. The van der Waals surface area contributed by atoms with E-state index in [9.17, 15) is 4.79 Å². The van der Waals surface area contributed by atoms with E-state index in [1.807, 2.05) is 32.0 Å². The molecule has 1 aromatic carbocycles. The molecule has 1 heterocycles. The number of hydrogen-bond donors (Lipinski definition) is 2. The third-order valence-electron chi connectivity index (χ3n) is 4.64. The van der Waals surface area contributed by atoms with Gasteiger partial charge in [0.2, 0.25) is 5.89 Å². The molecule has 3 N–H and O–H groups in total. The molecular weight excluding hydrogens is 304 g/mol. The fourth-order valence-electron chi connectivity index (χ4n) is 3.12. The predicted molar refractivity (Wildman–Crippen MR) is 90.1 cm³/mol. The Kier molecular flexibility index (Phi) is 4.66. The molecule has 128 valence electrons. The van der Waals surface area contributed by atoms with Crippen LogP contribution in [0.25, 0.3) is 0 Å². The highest BCUT2D eigenvalue weighted by Gasteiger charge is 2.37. The van der Waals surface area contributed by atoms with Crippen LogP contribution in [0, 0.1) is 5.92 Å². The van der Waals surface area contributed by atoms with E-state index in [4.69, 9.17) is 10.3 Å². The second-order valence-corrected chi connectivity index (χ2v) is 6.88. The Morgan fingerprint density at radius 3 is 2.54 bits per heavy atom. The molecule has 1 amide bonds. The summed E-state index contributed by atoms with van der Waals surface area (Å²) in [5, 5.41) is 7.08. The molecule has 6 heteroatoms. The minimum absolute atomic E-state index is 0.114.